The Hall–Kier alpha value is -3.09. The molecule has 2 amide bonds. The maximum absolute atomic E-state index is 12.8. The number of carbonyl (C=O) groups is 3. The number of rotatable bonds is 5. The average molecular weight is 384 g/mol. The molecule has 2 aromatic rings. The van der Waals surface area contributed by atoms with E-state index in [1.165, 1.54) is 12.0 Å². The van der Waals surface area contributed by atoms with Gasteiger partial charge in [0, 0.05) is 25.7 Å². The van der Waals surface area contributed by atoms with Gasteiger partial charge >= 0.3 is 5.97 Å². The lowest BCUT2D eigenvalue weighted by Gasteiger charge is -2.20. The molecule has 2 heterocycles. The van der Waals surface area contributed by atoms with Crippen molar-refractivity contribution in [3.05, 3.63) is 53.0 Å². The summed E-state index contributed by atoms with van der Waals surface area (Å²) >= 11 is 0. The van der Waals surface area contributed by atoms with Gasteiger partial charge in [0.15, 0.2) is 0 Å². The summed E-state index contributed by atoms with van der Waals surface area (Å²) in [5.41, 5.74) is 2.26. The van der Waals surface area contributed by atoms with Crippen molar-refractivity contribution in [1.82, 2.24) is 4.90 Å². The standard InChI is InChI=1S/C21H24N2O5/c1-13-5-7-16(8-6-13)23-11-15(9-19(23)24)20(25)22(3)12-17-10-18(14(2)28-17)21(26)27-4/h5-8,10,15H,9,11-12H2,1-4H3. The minimum atomic E-state index is -0.475. The highest BCUT2D eigenvalue weighted by molar-refractivity contribution is 6.00. The Balaban J connectivity index is 1.66. The fourth-order valence-corrected chi connectivity index (χ4v) is 3.40. The summed E-state index contributed by atoms with van der Waals surface area (Å²) in [5, 5.41) is 0. The molecule has 28 heavy (non-hydrogen) atoms. The second-order valence-electron chi connectivity index (χ2n) is 7.11. The number of methoxy groups -OCH3 is 1. The van der Waals surface area contributed by atoms with Gasteiger partial charge in [0.1, 0.15) is 17.1 Å². The summed E-state index contributed by atoms with van der Waals surface area (Å²) in [7, 11) is 2.97. The molecule has 0 bridgehead atoms. The van der Waals surface area contributed by atoms with E-state index < -0.39 is 11.9 Å². The minimum Gasteiger partial charge on any atom is -0.465 e. The lowest BCUT2D eigenvalue weighted by molar-refractivity contribution is -0.135. The van der Waals surface area contributed by atoms with Crippen molar-refractivity contribution >= 4 is 23.5 Å². The van der Waals surface area contributed by atoms with Crippen LogP contribution < -0.4 is 4.90 Å². The first-order valence-corrected chi connectivity index (χ1v) is 9.09. The molecule has 1 aliphatic rings. The predicted octanol–water partition coefficient (Wildman–Crippen LogP) is 2.69. The number of nitrogens with zero attached hydrogens (tertiary/aromatic N) is 2. The third-order valence-electron chi connectivity index (χ3n) is 4.96. The highest BCUT2D eigenvalue weighted by atomic mass is 16.5. The van der Waals surface area contributed by atoms with Crippen molar-refractivity contribution in [1.29, 1.82) is 0 Å². The molecule has 148 valence electrons. The van der Waals surface area contributed by atoms with Crippen LogP contribution in [0.5, 0.6) is 0 Å². The lowest BCUT2D eigenvalue weighted by atomic mass is 10.1. The van der Waals surface area contributed by atoms with Crippen LogP contribution in [0.4, 0.5) is 5.69 Å². The Morgan fingerprint density at radius 2 is 1.93 bits per heavy atom. The summed E-state index contributed by atoms with van der Waals surface area (Å²) in [5.74, 6) is -0.127. The molecule has 1 saturated heterocycles. The zero-order valence-corrected chi connectivity index (χ0v) is 16.5. The molecule has 1 aromatic carbocycles. The smallest absolute Gasteiger partial charge is 0.341 e. The van der Waals surface area contributed by atoms with Gasteiger partial charge in [-0.1, -0.05) is 17.7 Å². The van der Waals surface area contributed by atoms with E-state index in [0.29, 0.717) is 23.6 Å². The van der Waals surface area contributed by atoms with Gasteiger partial charge in [-0.15, -0.1) is 0 Å². The molecular formula is C21H24N2O5. The maximum atomic E-state index is 12.8. The number of carbonyl (C=O) groups excluding carboxylic acids is 3. The van der Waals surface area contributed by atoms with Crippen molar-refractivity contribution in [3.63, 3.8) is 0 Å². The van der Waals surface area contributed by atoms with E-state index >= 15 is 0 Å². The van der Waals surface area contributed by atoms with Gasteiger partial charge in [0.2, 0.25) is 11.8 Å². The molecule has 1 unspecified atom stereocenters. The third-order valence-corrected chi connectivity index (χ3v) is 4.96. The number of esters is 1. The van der Waals surface area contributed by atoms with Gasteiger partial charge < -0.3 is 19.0 Å². The topological polar surface area (TPSA) is 80.1 Å². The largest absolute Gasteiger partial charge is 0.465 e. The van der Waals surface area contributed by atoms with Crippen LogP contribution in [0.1, 0.15) is 33.9 Å². The zero-order valence-electron chi connectivity index (χ0n) is 16.5. The molecule has 0 N–H and O–H groups in total. The minimum absolute atomic E-state index is 0.0579. The van der Waals surface area contributed by atoms with Gasteiger partial charge in [-0.3, -0.25) is 9.59 Å². The molecule has 1 fully saturated rings. The highest BCUT2D eigenvalue weighted by Gasteiger charge is 2.36. The fourth-order valence-electron chi connectivity index (χ4n) is 3.40. The molecule has 3 rings (SSSR count). The molecule has 0 radical (unpaired) electrons. The van der Waals surface area contributed by atoms with Gasteiger partial charge in [-0.25, -0.2) is 4.79 Å². The lowest BCUT2D eigenvalue weighted by Crippen LogP contribution is -2.34. The average Bonchev–Trinajstić information content (AvgIpc) is 3.23. The van der Waals surface area contributed by atoms with E-state index in [1.807, 2.05) is 31.2 Å². The first kappa shape index (κ1) is 19.7. The molecule has 0 aliphatic carbocycles. The molecular weight excluding hydrogens is 360 g/mol. The monoisotopic (exact) mass is 384 g/mol. The summed E-state index contributed by atoms with van der Waals surface area (Å²) in [6.07, 6.45) is 0.182. The number of hydrogen-bond donors (Lipinski definition) is 0. The molecule has 1 aliphatic heterocycles. The maximum Gasteiger partial charge on any atom is 0.341 e. The zero-order chi connectivity index (χ0) is 20.4. The molecule has 0 spiro atoms. The van der Waals surface area contributed by atoms with E-state index in [-0.39, 0.29) is 24.8 Å². The molecule has 1 aromatic heterocycles. The number of aryl methyl sites for hydroxylation is 2. The van der Waals surface area contributed by atoms with E-state index in [0.717, 1.165) is 11.3 Å². The molecule has 0 saturated carbocycles. The Kier molecular flexibility index (Phi) is 5.53. The molecule has 1 atom stereocenters. The van der Waals surface area contributed by atoms with Crippen molar-refractivity contribution in [2.24, 2.45) is 5.92 Å². The number of hydrogen-bond acceptors (Lipinski definition) is 5. The molecule has 7 nitrogen and oxygen atoms in total. The van der Waals surface area contributed by atoms with Gasteiger partial charge in [0.05, 0.1) is 19.6 Å². The van der Waals surface area contributed by atoms with Gasteiger partial charge in [-0.05, 0) is 32.0 Å². The Morgan fingerprint density at radius 3 is 2.57 bits per heavy atom. The number of anilines is 1. The van der Waals surface area contributed by atoms with Crippen LogP contribution >= 0.6 is 0 Å². The highest BCUT2D eigenvalue weighted by Crippen LogP contribution is 2.27. The Labute approximate surface area is 163 Å². The second kappa shape index (κ2) is 7.88. The quantitative estimate of drug-likeness (QED) is 0.741. The normalized spacial score (nSPS) is 16.4. The number of furan rings is 1. The predicted molar refractivity (Wildman–Crippen MR) is 103 cm³/mol. The summed E-state index contributed by atoms with van der Waals surface area (Å²) < 4.78 is 10.3. The summed E-state index contributed by atoms with van der Waals surface area (Å²) in [6, 6.07) is 9.26. The van der Waals surface area contributed by atoms with Crippen LogP contribution in [0.3, 0.4) is 0 Å². The number of amides is 2. The van der Waals surface area contributed by atoms with Gasteiger partial charge in [-0.2, -0.15) is 0 Å². The van der Waals surface area contributed by atoms with E-state index in [9.17, 15) is 14.4 Å². The van der Waals surface area contributed by atoms with Crippen LogP contribution in [0.25, 0.3) is 0 Å². The summed E-state index contributed by atoms with van der Waals surface area (Å²) in [6.45, 7) is 4.23. The van der Waals surface area contributed by atoms with Crippen LogP contribution in [0, 0.1) is 19.8 Å². The van der Waals surface area contributed by atoms with Crippen LogP contribution in [0.15, 0.2) is 34.7 Å². The van der Waals surface area contributed by atoms with Crippen LogP contribution in [0.2, 0.25) is 0 Å². The SMILES string of the molecule is COC(=O)c1cc(CN(C)C(=O)C2CC(=O)N(c3ccc(C)cc3)C2)oc1C. The Bertz CT molecular complexity index is 900. The van der Waals surface area contributed by atoms with Crippen LogP contribution in [-0.4, -0.2) is 43.4 Å². The van der Waals surface area contributed by atoms with Crippen molar-refractivity contribution in [2.75, 3.05) is 25.6 Å². The van der Waals surface area contributed by atoms with E-state index in [4.69, 9.17) is 9.15 Å². The van der Waals surface area contributed by atoms with Crippen LogP contribution in [-0.2, 0) is 20.9 Å². The first-order valence-electron chi connectivity index (χ1n) is 9.09. The fraction of sp³-hybridized carbons (Fsp3) is 0.381. The third kappa shape index (κ3) is 3.93. The summed E-state index contributed by atoms with van der Waals surface area (Å²) in [4.78, 5) is 40.1. The van der Waals surface area contributed by atoms with Crippen molar-refractivity contribution in [3.8, 4) is 0 Å². The number of benzene rings is 1. The van der Waals surface area contributed by atoms with Crippen molar-refractivity contribution < 1.29 is 23.5 Å². The first-order chi connectivity index (χ1) is 13.3. The molecule has 7 heteroatoms. The number of ether oxygens (including phenoxy) is 1. The van der Waals surface area contributed by atoms with E-state index in [2.05, 4.69) is 0 Å². The second-order valence-corrected chi connectivity index (χ2v) is 7.11. The van der Waals surface area contributed by atoms with Crippen molar-refractivity contribution in [2.45, 2.75) is 26.8 Å². The van der Waals surface area contributed by atoms with Gasteiger partial charge in [0.25, 0.3) is 0 Å². The van der Waals surface area contributed by atoms with E-state index in [1.54, 1.807) is 24.9 Å². The Morgan fingerprint density at radius 1 is 1.25 bits per heavy atom.